The van der Waals surface area contributed by atoms with Crippen molar-refractivity contribution >= 4 is 10.0 Å². The molecule has 1 N–H and O–H groups in total. The van der Waals surface area contributed by atoms with Crippen molar-refractivity contribution in [1.29, 1.82) is 0 Å². The Bertz CT molecular complexity index is 647. The minimum absolute atomic E-state index is 0.236. The van der Waals surface area contributed by atoms with Crippen LogP contribution in [0.3, 0.4) is 0 Å². The van der Waals surface area contributed by atoms with Crippen LogP contribution in [0.4, 0.5) is 0 Å². The van der Waals surface area contributed by atoms with Gasteiger partial charge in [0.1, 0.15) is 0 Å². The molecule has 1 fully saturated rings. The standard InChI is InChI=1S/C16H23NO3S/c1-11(2)14-10-17(16(4,5)15(14)18)21(19,20)13-8-6-12(3)7-9-13/h6-9,14-15,18H,1,10H2,2-5H3/t14-,15-/m0/s1. The molecule has 1 saturated heterocycles. The predicted octanol–water partition coefficient (Wildman–Crippen LogP) is 2.33. The Morgan fingerprint density at radius 3 is 2.29 bits per heavy atom. The fourth-order valence-corrected chi connectivity index (χ4v) is 4.64. The summed E-state index contributed by atoms with van der Waals surface area (Å²) in [5, 5.41) is 10.4. The third-order valence-corrected chi connectivity index (χ3v) is 6.42. The molecule has 0 spiro atoms. The number of aliphatic hydroxyl groups excluding tert-OH is 1. The zero-order valence-electron chi connectivity index (χ0n) is 13.0. The smallest absolute Gasteiger partial charge is 0.243 e. The largest absolute Gasteiger partial charge is 0.391 e. The number of sulfonamides is 1. The molecule has 1 aromatic carbocycles. The van der Waals surface area contributed by atoms with Crippen LogP contribution in [-0.2, 0) is 10.0 Å². The lowest BCUT2D eigenvalue weighted by Crippen LogP contribution is -2.48. The van der Waals surface area contributed by atoms with Crippen molar-refractivity contribution in [2.45, 2.75) is 44.2 Å². The third-order valence-electron chi connectivity index (χ3n) is 4.35. The summed E-state index contributed by atoms with van der Waals surface area (Å²) in [7, 11) is -3.63. The number of nitrogens with zero attached hydrogens (tertiary/aromatic N) is 1. The van der Waals surface area contributed by atoms with Gasteiger partial charge in [-0.2, -0.15) is 4.31 Å². The van der Waals surface area contributed by atoms with Gasteiger partial charge in [0.2, 0.25) is 10.0 Å². The number of benzene rings is 1. The minimum Gasteiger partial charge on any atom is -0.391 e. The predicted molar refractivity (Wildman–Crippen MR) is 83.5 cm³/mol. The molecular formula is C16H23NO3S. The first-order valence-electron chi connectivity index (χ1n) is 7.01. The molecule has 1 aliphatic rings. The van der Waals surface area contributed by atoms with Crippen molar-refractivity contribution in [2.24, 2.45) is 5.92 Å². The van der Waals surface area contributed by atoms with Crippen molar-refractivity contribution in [2.75, 3.05) is 6.54 Å². The van der Waals surface area contributed by atoms with Crippen molar-refractivity contribution in [3.63, 3.8) is 0 Å². The second-order valence-corrected chi connectivity index (χ2v) is 8.26. The molecule has 0 radical (unpaired) electrons. The monoisotopic (exact) mass is 309 g/mol. The van der Waals surface area contributed by atoms with Crippen LogP contribution >= 0.6 is 0 Å². The van der Waals surface area contributed by atoms with E-state index in [1.54, 1.807) is 38.1 Å². The highest BCUT2D eigenvalue weighted by Crippen LogP contribution is 2.39. The molecule has 5 heteroatoms. The fraction of sp³-hybridized carbons (Fsp3) is 0.500. The summed E-state index contributed by atoms with van der Waals surface area (Å²) in [6, 6.07) is 6.79. The average Bonchev–Trinajstić information content (AvgIpc) is 2.62. The van der Waals surface area contributed by atoms with E-state index < -0.39 is 21.7 Å². The number of aryl methyl sites for hydroxylation is 1. The van der Waals surface area contributed by atoms with Crippen molar-refractivity contribution in [3.05, 3.63) is 42.0 Å². The third kappa shape index (κ3) is 2.65. The molecule has 4 nitrogen and oxygen atoms in total. The van der Waals surface area contributed by atoms with Gasteiger partial charge in [-0.05, 0) is 39.8 Å². The molecule has 1 aromatic rings. The van der Waals surface area contributed by atoms with E-state index >= 15 is 0 Å². The zero-order chi connectivity index (χ0) is 16.0. The molecule has 1 heterocycles. The van der Waals surface area contributed by atoms with E-state index in [4.69, 9.17) is 0 Å². The summed E-state index contributed by atoms with van der Waals surface area (Å²) < 4.78 is 27.1. The van der Waals surface area contributed by atoms with E-state index in [9.17, 15) is 13.5 Å². The van der Waals surface area contributed by atoms with Crippen LogP contribution in [-0.4, -0.2) is 36.0 Å². The Labute approximate surface area is 127 Å². The van der Waals surface area contributed by atoms with E-state index in [-0.39, 0.29) is 17.4 Å². The summed E-state index contributed by atoms with van der Waals surface area (Å²) in [5.74, 6) is -0.236. The van der Waals surface area contributed by atoms with Crippen LogP contribution in [0.1, 0.15) is 26.3 Å². The minimum atomic E-state index is -3.63. The molecule has 0 aliphatic carbocycles. The number of rotatable bonds is 3. The molecule has 116 valence electrons. The lowest BCUT2D eigenvalue weighted by molar-refractivity contribution is 0.0731. The number of hydrogen-bond acceptors (Lipinski definition) is 3. The van der Waals surface area contributed by atoms with Crippen LogP contribution < -0.4 is 0 Å². The Kier molecular flexibility index (Phi) is 4.04. The molecule has 2 rings (SSSR count). The second kappa shape index (κ2) is 5.23. The summed E-state index contributed by atoms with van der Waals surface area (Å²) >= 11 is 0. The van der Waals surface area contributed by atoms with Gasteiger partial charge >= 0.3 is 0 Å². The maximum atomic E-state index is 12.9. The van der Waals surface area contributed by atoms with Gasteiger partial charge in [-0.3, -0.25) is 0 Å². The van der Waals surface area contributed by atoms with Gasteiger partial charge in [-0.1, -0.05) is 29.8 Å². The molecule has 0 amide bonds. The number of aliphatic hydroxyl groups is 1. The first kappa shape index (κ1) is 16.2. The molecule has 21 heavy (non-hydrogen) atoms. The SMILES string of the molecule is C=C(C)[C@@H]1CN(S(=O)(=O)c2ccc(C)cc2)C(C)(C)[C@H]1O. The molecule has 0 aromatic heterocycles. The van der Waals surface area contributed by atoms with Gasteiger partial charge in [-0.25, -0.2) is 8.42 Å². The van der Waals surface area contributed by atoms with Gasteiger partial charge in [0, 0.05) is 12.5 Å². The fourth-order valence-electron chi connectivity index (χ4n) is 2.82. The summed E-state index contributed by atoms with van der Waals surface area (Å²) in [4.78, 5) is 0.260. The molecule has 0 bridgehead atoms. The van der Waals surface area contributed by atoms with E-state index in [1.165, 1.54) is 4.31 Å². The van der Waals surface area contributed by atoms with E-state index in [2.05, 4.69) is 6.58 Å². The number of hydrogen-bond donors (Lipinski definition) is 1. The summed E-state index contributed by atoms with van der Waals surface area (Å²) in [5.41, 5.74) is 0.958. The average molecular weight is 309 g/mol. The van der Waals surface area contributed by atoms with Crippen LogP contribution in [0, 0.1) is 12.8 Å². The Hall–Kier alpha value is -1.17. The Morgan fingerprint density at radius 1 is 1.33 bits per heavy atom. The first-order chi connectivity index (χ1) is 9.58. The lowest BCUT2D eigenvalue weighted by Gasteiger charge is -2.33. The highest BCUT2D eigenvalue weighted by Gasteiger charge is 2.52. The van der Waals surface area contributed by atoms with Gasteiger partial charge < -0.3 is 5.11 Å². The maximum absolute atomic E-state index is 12.9. The molecule has 1 aliphatic heterocycles. The Balaban J connectivity index is 2.45. The first-order valence-corrected chi connectivity index (χ1v) is 8.45. The van der Waals surface area contributed by atoms with E-state index in [0.29, 0.717) is 0 Å². The maximum Gasteiger partial charge on any atom is 0.243 e. The van der Waals surface area contributed by atoms with Crippen LogP contribution in [0.2, 0.25) is 0 Å². The molecular weight excluding hydrogens is 286 g/mol. The normalized spacial score (nSPS) is 26.0. The summed E-state index contributed by atoms with van der Waals surface area (Å²) in [6.45, 7) is 11.4. The zero-order valence-corrected chi connectivity index (χ0v) is 13.8. The van der Waals surface area contributed by atoms with Gasteiger partial charge in [-0.15, -0.1) is 0 Å². The van der Waals surface area contributed by atoms with Gasteiger partial charge in [0.15, 0.2) is 0 Å². The highest BCUT2D eigenvalue weighted by atomic mass is 32.2. The van der Waals surface area contributed by atoms with Gasteiger partial charge in [0.05, 0.1) is 16.5 Å². The van der Waals surface area contributed by atoms with Crippen molar-refractivity contribution in [1.82, 2.24) is 4.31 Å². The molecule has 0 unspecified atom stereocenters. The molecule has 0 saturated carbocycles. The molecule has 2 atom stereocenters. The quantitative estimate of drug-likeness (QED) is 0.872. The van der Waals surface area contributed by atoms with Crippen LogP contribution in [0.25, 0.3) is 0 Å². The van der Waals surface area contributed by atoms with Crippen molar-refractivity contribution in [3.8, 4) is 0 Å². The second-order valence-electron chi connectivity index (χ2n) is 6.40. The lowest BCUT2D eigenvalue weighted by atomic mass is 9.89. The van der Waals surface area contributed by atoms with Crippen LogP contribution in [0.5, 0.6) is 0 Å². The highest BCUT2D eigenvalue weighted by molar-refractivity contribution is 7.89. The summed E-state index contributed by atoms with van der Waals surface area (Å²) in [6.07, 6.45) is -0.754. The van der Waals surface area contributed by atoms with E-state index in [0.717, 1.165) is 11.1 Å². The van der Waals surface area contributed by atoms with E-state index in [1.807, 2.05) is 13.8 Å². The van der Waals surface area contributed by atoms with Crippen LogP contribution in [0.15, 0.2) is 41.3 Å². The Morgan fingerprint density at radius 2 is 1.86 bits per heavy atom. The topological polar surface area (TPSA) is 57.6 Å². The van der Waals surface area contributed by atoms with Gasteiger partial charge in [0.25, 0.3) is 0 Å². The van der Waals surface area contributed by atoms with Crippen molar-refractivity contribution < 1.29 is 13.5 Å².